The van der Waals surface area contributed by atoms with Crippen LogP contribution in [0.4, 0.5) is 5.82 Å². The van der Waals surface area contributed by atoms with Gasteiger partial charge in [-0.25, -0.2) is 9.78 Å². The first-order valence-corrected chi connectivity index (χ1v) is 7.84. The molecule has 6 heteroatoms. The molecule has 0 aliphatic carbocycles. The number of carbonyl (C=O) groups is 1. The van der Waals surface area contributed by atoms with Gasteiger partial charge < -0.3 is 14.7 Å². The molecule has 2 aliphatic heterocycles. The standard InChI is InChI=1S/C16H19ClN2O3/c1-11-4-9-22-16(10-11)5-7-19(8-6-16)13-3-2-12(17)14(18-13)15(20)21/h2-3,10H,4-9H2,1H3,(H,20,21). The molecule has 1 spiro atoms. The van der Waals surface area contributed by atoms with Gasteiger partial charge >= 0.3 is 5.97 Å². The Hall–Kier alpha value is -1.59. The number of ether oxygens (including phenoxy) is 1. The highest BCUT2D eigenvalue weighted by atomic mass is 35.5. The first-order valence-electron chi connectivity index (χ1n) is 7.46. The molecule has 0 aromatic carbocycles. The largest absolute Gasteiger partial charge is 0.476 e. The molecule has 22 heavy (non-hydrogen) atoms. The van der Waals surface area contributed by atoms with E-state index in [-0.39, 0.29) is 16.3 Å². The molecule has 1 aromatic rings. The van der Waals surface area contributed by atoms with Crippen LogP contribution in [0.1, 0.15) is 36.7 Å². The van der Waals surface area contributed by atoms with Crippen molar-refractivity contribution in [2.24, 2.45) is 0 Å². The zero-order valence-electron chi connectivity index (χ0n) is 12.5. The third kappa shape index (κ3) is 2.96. The van der Waals surface area contributed by atoms with Crippen LogP contribution in [0, 0.1) is 0 Å². The van der Waals surface area contributed by atoms with Crippen molar-refractivity contribution in [3.8, 4) is 0 Å². The second kappa shape index (κ2) is 5.89. The molecule has 0 saturated carbocycles. The highest BCUT2D eigenvalue weighted by Crippen LogP contribution is 2.34. The van der Waals surface area contributed by atoms with Crippen LogP contribution in [0.3, 0.4) is 0 Å². The lowest BCUT2D eigenvalue weighted by atomic mass is 9.87. The molecule has 1 fully saturated rings. The van der Waals surface area contributed by atoms with Gasteiger partial charge in [0.25, 0.3) is 0 Å². The Kier molecular flexibility index (Phi) is 4.10. The van der Waals surface area contributed by atoms with Gasteiger partial charge in [-0.15, -0.1) is 0 Å². The average molecular weight is 323 g/mol. The molecule has 1 aromatic heterocycles. The Labute approximate surface area is 134 Å². The van der Waals surface area contributed by atoms with Gasteiger partial charge in [-0.2, -0.15) is 0 Å². The summed E-state index contributed by atoms with van der Waals surface area (Å²) in [6.45, 7) is 4.51. The molecule has 3 heterocycles. The number of piperidine rings is 1. The second-order valence-corrected chi connectivity index (χ2v) is 6.35. The van der Waals surface area contributed by atoms with Crippen LogP contribution in [0.2, 0.25) is 5.02 Å². The van der Waals surface area contributed by atoms with E-state index < -0.39 is 5.97 Å². The van der Waals surface area contributed by atoms with Crippen molar-refractivity contribution < 1.29 is 14.6 Å². The number of hydrogen-bond acceptors (Lipinski definition) is 4. The average Bonchev–Trinajstić information content (AvgIpc) is 2.48. The first-order chi connectivity index (χ1) is 10.5. The van der Waals surface area contributed by atoms with E-state index in [1.54, 1.807) is 12.1 Å². The van der Waals surface area contributed by atoms with Gasteiger partial charge in [0.1, 0.15) is 5.82 Å². The topological polar surface area (TPSA) is 62.7 Å². The van der Waals surface area contributed by atoms with E-state index in [2.05, 4.69) is 22.9 Å². The number of carboxylic acid groups (broad SMARTS) is 1. The number of halogens is 1. The fourth-order valence-corrected chi connectivity index (χ4v) is 3.33. The SMILES string of the molecule is CC1=CC2(CCN(c3ccc(Cl)c(C(=O)O)n3)CC2)OCC1. The monoisotopic (exact) mass is 322 g/mol. The molecule has 1 saturated heterocycles. The fourth-order valence-electron chi connectivity index (χ4n) is 3.14. The van der Waals surface area contributed by atoms with Crippen LogP contribution >= 0.6 is 11.6 Å². The molecular weight excluding hydrogens is 304 g/mol. The molecule has 3 rings (SSSR count). The zero-order valence-corrected chi connectivity index (χ0v) is 13.3. The number of aromatic nitrogens is 1. The Balaban J connectivity index is 1.75. The molecule has 1 N–H and O–H groups in total. The lowest BCUT2D eigenvalue weighted by Crippen LogP contribution is -2.46. The van der Waals surface area contributed by atoms with E-state index in [0.29, 0.717) is 5.82 Å². The van der Waals surface area contributed by atoms with Crippen molar-refractivity contribution in [2.75, 3.05) is 24.6 Å². The number of pyridine rings is 1. The summed E-state index contributed by atoms with van der Waals surface area (Å²) in [6, 6.07) is 3.37. The van der Waals surface area contributed by atoms with E-state index in [1.807, 2.05) is 0 Å². The third-order valence-corrected chi connectivity index (χ3v) is 4.67. The van der Waals surface area contributed by atoms with Gasteiger partial charge in [0.2, 0.25) is 0 Å². The summed E-state index contributed by atoms with van der Waals surface area (Å²) in [6.07, 6.45) is 5.03. The normalized spacial score (nSPS) is 20.8. The summed E-state index contributed by atoms with van der Waals surface area (Å²) in [5, 5.41) is 9.29. The van der Waals surface area contributed by atoms with Crippen LogP contribution in [0.25, 0.3) is 0 Å². The molecule has 0 unspecified atom stereocenters. The zero-order chi connectivity index (χ0) is 15.7. The minimum atomic E-state index is -1.10. The predicted octanol–water partition coefficient (Wildman–Crippen LogP) is 3.14. The van der Waals surface area contributed by atoms with E-state index in [1.165, 1.54) is 5.57 Å². The number of rotatable bonds is 2. The van der Waals surface area contributed by atoms with E-state index in [0.717, 1.165) is 39.0 Å². The smallest absolute Gasteiger partial charge is 0.356 e. The van der Waals surface area contributed by atoms with E-state index in [9.17, 15) is 4.79 Å². The Bertz CT molecular complexity index is 622. The molecule has 118 valence electrons. The minimum absolute atomic E-state index is 0.0934. The minimum Gasteiger partial charge on any atom is -0.476 e. The summed E-state index contributed by atoms with van der Waals surface area (Å²) in [4.78, 5) is 17.4. The lowest BCUT2D eigenvalue weighted by Gasteiger charge is -2.42. The van der Waals surface area contributed by atoms with Crippen molar-refractivity contribution in [1.29, 1.82) is 0 Å². The van der Waals surface area contributed by atoms with Gasteiger partial charge in [0, 0.05) is 13.1 Å². The Morgan fingerprint density at radius 3 is 2.77 bits per heavy atom. The van der Waals surface area contributed by atoms with Gasteiger partial charge in [0.15, 0.2) is 5.69 Å². The molecule has 0 atom stereocenters. The van der Waals surface area contributed by atoms with Gasteiger partial charge in [-0.3, -0.25) is 0 Å². The summed E-state index contributed by atoms with van der Waals surface area (Å²) in [5.41, 5.74) is 1.14. The quantitative estimate of drug-likeness (QED) is 0.847. The Morgan fingerprint density at radius 1 is 1.41 bits per heavy atom. The number of carboxylic acids is 1. The highest BCUT2D eigenvalue weighted by Gasteiger charge is 2.35. The van der Waals surface area contributed by atoms with Crippen molar-refractivity contribution in [2.45, 2.75) is 31.8 Å². The lowest BCUT2D eigenvalue weighted by molar-refractivity contribution is -0.0326. The summed E-state index contributed by atoms with van der Waals surface area (Å²) in [7, 11) is 0. The van der Waals surface area contributed by atoms with Crippen molar-refractivity contribution in [1.82, 2.24) is 4.98 Å². The van der Waals surface area contributed by atoms with Crippen LogP contribution in [-0.2, 0) is 4.74 Å². The van der Waals surface area contributed by atoms with E-state index >= 15 is 0 Å². The first kappa shape index (κ1) is 15.3. The number of hydrogen-bond donors (Lipinski definition) is 1. The van der Waals surface area contributed by atoms with Crippen LogP contribution in [-0.4, -0.2) is 41.4 Å². The third-order valence-electron chi connectivity index (χ3n) is 4.36. The van der Waals surface area contributed by atoms with Crippen LogP contribution in [0.15, 0.2) is 23.8 Å². The predicted molar refractivity (Wildman–Crippen MR) is 84.7 cm³/mol. The van der Waals surface area contributed by atoms with Crippen molar-refractivity contribution in [3.63, 3.8) is 0 Å². The van der Waals surface area contributed by atoms with Gasteiger partial charge in [0.05, 0.1) is 17.2 Å². The van der Waals surface area contributed by atoms with Gasteiger partial charge in [-0.1, -0.05) is 23.3 Å². The number of nitrogens with zero attached hydrogens (tertiary/aromatic N) is 2. The maximum Gasteiger partial charge on any atom is 0.356 e. The Morgan fingerprint density at radius 2 is 2.14 bits per heavy atom. The molecule has 0 radical (unpaired) electrons. The molecule has 2 aliphatic rings. The van der Waals surface area contributed by atoms with Crippen LogP contribution in [0.5, 0.6) is 0 Å². The second-order valence-electron chi connectivity index (χ2n) is 5.95. The maximum atomic E-state index is 11.1. The van der Waals surface area contributed by atoms with Gasteiger partial charge in [-0.05, 0) is 38.3 Å². The van der Waals surface area contributed by atoms with Crippen molar-refractivity contribution in [3.05, 3.63) is 34.5 Å². The molecule has 0 amide bonds. The highest BCUT2D eigenvalue weighted by molar-refractivity contribution is 6.33. The maximum absolute atomic E-state index is 11.1. The summed E-state index contributed by atoms with van der Waals surface area (Å²) < 4.78 is 6.00. The molecular formula is C16H19ClN2O3. The summed E-state index contributed by atoms with van der Waals surface area (Å²) in [5.74, 6) is -0.442. The summed E-state index contributed by atoms with van der Waals surface area (Å²) >= 11 is 5.87. The number of aromatic carboxylic acids is 1. The van der Waals surface area contributed by atoms with Crippen LogP contribution < -0.4 is 4.90 Å². The fraction of sp³-hybridized carbons (Fsp3) is 0.500. The van der Waals surface area contributed by atoms with E-state index in [4.69, 9.17) is 21.4 Å². The molecule has 5 nitrogen and oxygen atoms in total. The number of anilines is 1. The molecule has 0 bridgehead atoms. The van der Waals surface area contributed by atoms with Crippen molar-refractivity contribution >= 4 is 23.4 Å².